The van der Waals surface area contributed by atoms with Crippen molar-refractivity contribution in [2.75, 3.05) is 4.90 Å². The largest absolute Gasteiger partial charge is 0.456 e. The highest BCUT2D eigenvalue weighted by Gasteiger charge is 2.22. The van der Waals surface area contributed by atoms with Crippen LogP contribution in [0.15, 0.2) is 192 Å². The lowest BCUT2D eigenvalue weighted by atomic mass is 9.94. The molecule has 50 heavy (non-hydrogen) atoms. The van der Waals surface area contributed by atoms with Gasteiger partial charge in [-0.25, -0.2) is 0 Å². The Morgan fingerprint density at radius 1 is 0.320 bits per heavy atom. The summed E-state index contributed by atoms with van der Waals surface area (Å²) >= 11 is 0. The molecule has 2 heteroatoms. The lowest BCUT2D eigenvalue weighted by molar-refractivity contribution is 0.669. The minimum Gasteiger partial charge on any atom is -0.456 e. The highest BCUT2D eigenvalue weighted by molar-refractivity contribution is 6.22. The van der Waals surface area contributed by atoms with E-state index in [9.17, 15) is 0 Å². The number of benzene rings is 9. The van der Waals surface area contributed by atoms with Crippen LogP contribution in [-0.4, -0.2) is 0 Å². The zero-order valence-corrected chi connectivity index (χ0v) is 27.3. The van der Waals surface area contributed by atoms with E-state index in [2.05, 4.69) is 187 Å². The summed E-state index contributed by atoms with van der Waals surface area (Å²) in [6, 6.07) is 67.5. The molecule has 0 fully saturated rings. The van der Waals surface area contributed by atoms with Crippen LogP contribution in [-0.2, 0) is 0 Å². The molecule has 234 valence electrons. The SMILES string of the molecule is c1ccc(-c2ccccc2-c2ccc(N(c3cccc4ccc5c6ccccc6ccc5c34)c3cccc4oc5ccccc5c34)cc2)cc1. The van der Waals surface area contributed by atoms with Gasteiger partial charge in [0.2, 0.25) is 0 Å². The maximum atomic E-state index is 6.43. The van der Waals surface area contributed by atoms with Crippen molar-refractivity contribution in [1.82, 2.24) is 0 Å². The molecule has 0 spiro atoms. The molecule has 10 aromatic rings. The molecule has 10 rings (SSSR count). The van der Waals surface area contributed by atoms with Gasteiger partial charge in [-0.2, -0.15) is 0 Å². The van der Waals surface area contributed by atoms with E-state index in [1.807, 2.05) is 6.07 Å². The van der Waals surface area contributed by atoms with E-state index < -0.39 is 0 Å². The summed E-state index contributed by atoms with van der Waals surface area (Å²) in [6.07, 6.45) is 0. The Morgan fingerprint density at radius 3 is 1.72 bits per heavy atom. The molecule has 0 aliphatic rings. The zero-order chi connectivity index (χ0) is 33.0. The highest BCUT2D eigenvalue weighted by Crippen LogP contribution is 2.47. The van der Waals surface area contributed by atoms with Crippen LogP contribution in [0.5, 0.6) is 0 Å². The molecule has 0 unspecified atom stereocenters. The summed E-state index contributed by atoms with van der Waals surface area (Å²) in [6.45, 7) is 0. The van der Waals surface area contributed by atoms with Crippen LogP contribution in [0.3, 0.4) is 0 Å². The molecule has 0 aliphatic carbocycles. The number of furan rings is 1. The van der Waals surface area contributed by atoms with E-state index in [1.54, 1.807) is 0 Å². The molecular formula is C48H31NO. The van der Waals surface area contributed by atoms with Crippen LogP contribution in [0.4, 0.5) is 17.1 Å². The van der Waals surface area contributed by atoms with Gasteiger partial charge in [0.15, 0.2) is 0 Å². The number of hydrogen-bond acceptors (Lipinski definition) is 2. The number of nitrogens with zero attached hydrogens (tertiary/aromatic N) is 1. The van der Waals surface area contributed by atoms with Gasteiger partial charge in [-0.3, -0.25) is 0 Å². The third-order valence-corrected chi connectivity index (χ3v) is 10.1. The standard InChI is InChI=1S/C48H31NO/c1-2-12-32(13-3-1)37-16-6-7-17-38(37)34-24-28-36(29-25-34)49(44-21-11-23-46-48(44)42-19-8-9-22-45(42)50-46)43-20-10-15-35-27-30-40-39-18-5-4-14-33(39)26-31-41(40)47(35)43/h1-31H. The maximum absolute atomic E-state index is 6.43. The van der Waals surface area contributed by atoms with Gasteiger partial charge in [0.25, 0.3) is 0 Å². The zero-order valence-electron chi connectivity index (χ0n) is 27.3. The molecule has 0 bridgehead atoms. The second kappa shape index (κ2) is 11.5. The first-order chi connectivity index (χ1) is 24.8. The van der Waals surface area contributed by atoms with Gasteiger partial charge in [0.1, 0.15) is 11.2 Å². The molecule has 1 aromatic heterocycles. The first-order valence-corrected chi connectivity index (χ1v) is 17.1. The predicted octanol–water partition coefficient (Wildman–Crippen LogP) is 13.8. The summed E-state index contributed by atoms with van der Waals surface area (Å²) < 4.78 is 6.43. The Hall–Kier alpha value is -6.64. The summed E-state index contributed by atoms with van der Waals surface area (Å²) in [4.78, 5) is 2.42. The van der Waals surface area contributed by atoms with Crippen LogP contribution >= 0.6 is 0 Å². The molecule has 0 radical (unpaired) electrons. The van der Waals surface area contributed by atoms with Gasteiger partial charge in [-0.15, -0.1) is 0 Å². The van der Waals surface area contributed by atoms with E-state index in [4.69, 9.17) is 4.42 Å². The fraction of sp³-hybridized carbons (Fsp3) is 0. The third kappa shape index (κ3) is 4.50. The van der Waals surface area contributed by atoms with Gasteiger partial charge in [0.05, 0.1) is 16.8 Å². The third-order valence-electron chi connectivity index (χ3n) is 10.1. The quantitative estimate of drug-likeness (QED) is 0.175. The average molecular weight is 638 g/mol. The highest BCUT2D eigenvalue weighted by atomic mass is 16.3. The number of para-hydroxylation sites is 1. The van der Waals surface area contributed by atoms with Gasteiger partial charge in [-0.05, 0) is 85.6 Å². The molecule has 0 saturated heterocycles. The topological polar surface area (TPSA) is 16.4 Å². The van der Waals surface area contributed by atoms with Crippen molar-refractivity contribution < 1.29 is 4.42 Å². The molecule has 0 atom stereocenters. The number of rotatable bonds is 5. The molecule has 0 N–H and O–H groups in total. The Bertz CT molecular complexity index is 2870. The van der Waals surface area contributed by atoms with Gasteiger partial charge in [-0.1, -0.05) is 152 Å². The molecule has 9 aromatic carbocycles. The number of hydrogen-bond donors (Lipinski definition) is 0. The molecule has 2 nitrogen and oxygen atoms in total. The Kier molecular flexibility index (Phi) is 6.53. The van der Waals surface area contributed by atoms with Crippen molar-refractivity contribution in [2.45, 2.75) is 0 Å². The molecule has 0 saturated carbocycles. The van der Waals surface area contributed by atoms with Crippen LogP contribution in [0.2, 0.25) is 0 Å². The first-order valence-electron chi connectivity index (χ1n) is 17.1. The van der Waals surface area contributed by atoms with Gasteiger partial charge in [0, 0.05) is 16.5 Å². The van der Waals surface area contributed by atoms with Crippen molar-refractivity contribution >= 4 is 71.3 Å². The van der Waals surface area contributed by atoms with E-state index in [1.165, 1.54) is 54.6 Å². The first kappa shape index (κ1) is 28.4. The molecule has 0 amide bonds. The molecule has 1 heterocycles. The maximum Gasteiger partial charge on any atom is 0.137 e. The fourth-order valence-electron chi connectivity index (χ4n) is 7.79. The van der Waals surface area contributed by atoms with Crippen molar-refractivity contribution in [3.63, 3.8) is 0 Å². The minimum atomic E-state index is 0.873. The van der Waals surface area contributed by atoms with Crippen molar-refractivity contribution in [3.05, 3.63) is 188 Å². The van der Waals surface area contributed by atoms with E-state index in [0.717, 1.165) is 39.0 Å². The Labute approximate surface area is 290 Å². The predicted molar refractivity (Wildman–Crippen MR) is 212 cm³/mol. The number of fused-ring (bicyclic) bond motifs is 8. The summed E-state index contributed by atoms with van der Waals surface area (Å²) in [7, 11) is 0. The lowest BCUT2D eigenvalue weighted by Crippen LogP contribution is -2.11. The summed E-state index contributed by atoms with van der Waals surface area (Å²) in [5, 5.41) is 9.62. The molecule has 0 aliphatic heterocycles. The second-order valence-corrected chi connectivity index (χ2v) is 12.9. The lowest BCUT2D eigenvalue weighted by Gasteiger charge is -2.28. The van der Waals surface area contributed by atoms with Crippen LogP contribution < -0.4 is 4.90 Å². The molecular weight excluding hydrogens is 607 g/mol. The van der Waals surface area contributed by atoms with E-state index in [0.29, 0.717) is 0 Å². The Morgan fingerprint density at radius 2 is 0.900 bits per heavy atom. The second-order valence-electron chi connectivity index (χ2n) is 12.9. The van der Waals surface area contributed by atoms with Crippen molar-refractivity contribution in [1.29, 1.82) is 0 Å². The normalized spacial score (nSPS) is 11.6. The van der Waals surface area contributed by atoms with E-state index >= 15 is 0 Å². The fourth-order valence-corrected chi connectivity index (χ4v) is 7.79. The van der Waals surface area contributed by atoms with Crippen LogP contribution in [0.25, 0.3) is 76.5 Å². The summed E-state index contributed by atoms with van der Waals surface area (Å²) in [5.41, 5.74) is 9.86. The van der Waals surface area contributed by atoms with Gasteiger partial charge < -0.3 is 9.32 Å². The number of anilines is 3. The Balaban J connectivity index is 1.24. The van der Waals surface area contributed by atoms with Crippen molar-refractivity contribution in [2.24, 2.45) is 0 Å². The van der Waals surface area contributed by atoms with Gasteiger partial charge >= 0.3 is 0 Å². The van der Waals surface area contributed by atoms with Crippen LogP contribution in [0.1, 0.15) is 0 Å². The van der Waals surface area contributed by atoms with E-state index in [-0.39, 0.29) is 0 Å². The summed E-state index contributed by atoms with van der Waals surface area (Å²) in [5.74, 6) is 0. The average Bonchev–Trinajstić information content (AvgIpc) is 3.58. The minimum absolute atomic E-state index is 0.873. The smallest absolute Gasteiger partial charge is 0.137 e. The van der Waals surface area contributed by atoms with Crippen LogP contribution in [0, 0.1) is 0 Å². The van der Waals surface area contributed by atoms with Crippen molar-refractivity contribution in [3.8, 4) is 22.3 Å². The monoisotopic (exact) mass is 637 g/mol.